The van der Waals surface area contributed by atoms with Gasteiger partial charge in [0.2, 0.25) is 0 Å². The van der Waals surface area contributed by atoms with Crippen LogP contribution in [0.2, 0.25) is 0 Å². The topological polar surface area (TPSA) is 80.3 Å². The molecule has 0 aliphatic carbocycles. The lowest BCUT2D eigenvalue weighted by atomic mass is 9.86. The van der Waals surface area contributed by atoms with E-state index in [1.54, 1.807) is 0 Å². The van der Waals surface area contributed by atoms with Crippen LogP contribution in [0.15, 0.2) is 41.3 Å². The first-order chi connectivity index (χ1) is 12.2. The Morgan fingerprint density at radius 1 is 0.962 bits per heavy atom. The number of carbonyl (C=O) groups is 2. The van der Waals surface area contributed by atoms with Crippen LogP contribution in [0.5, 0.6) is 0 Å². The molecule has 0 fully saturated rings. The van der Waals surface area contributed by atoms with Gasteiger partial charge < -0.3 is 19.8 Å². The molecule has 0 saturated heterocycles. The van der Waals surface area contributed by atoms with Gasteiger partial charge in [0.1, 0.15) is 0 Å². The summed E-state index contributed by atoms with van der Waals surface area (Å²) in [5.41, 5.74) is 2.16. The molecule has 4 nitrogen and oxygen atoms in total. The van der Waals surface area contributed by atoms with Crippen molar-refractivity contribution >= 4 is 23.7 Å². The molecule has 0 spiro atoms. The third kappa shape index (κ3) is 4.28. The Balaban J connectivity index is 2.68. The summed E-state index contributed by atoms with van der Waals surface area (Å²) >= 11 is 1.32. The fourth-order valence-electron chi connectivity index (χ4n) is 2.98. The minimum absolute atomic E-state index is 0.0448. The van der Waals surface area contributed by atoms with Crippen LogP contribution in [-0.4, -0.2) is 11.9 Å². The van der Waals surface area contributed by atoms with Crippen molar-refractivity contribution in [1.82, 2.24) is 0 Å². The van der Waals surface area contributed by atoms with Crippen LogP contribution < -0.4 is 10.2 Å². The van der Waals surface area contributed by atoms with Crippen molar-refractivity contribution in [3.63, 3.8) is 0 Å². The summed E-state index contributed by atoms with van der Waals surface area (Å²) < 4.78 is 0. The van der Waals surface area contributed by atoms with Crippen molar-refractivity contribution in [3.8, 4) is 0 Å². The first-order valence-corrected chi connectivity index (χ1v) is 9.52. The second kappa shape index (κ2) is 8.41. The van der Waals surface area contributed by atoms with E-state index in [2.05, 4.69) is 0 Å². The summed E-state index contributed by atoms with van der Waals surface area (Å²) in [6, 6.07) is 11.1. The predicted molar refractivity (Wildman–Crippen MR) is 99.3 cm³/mol. The molecular formula is C21H22O4S-2. The summed E-state index contributed by atoms with van der Waals surface area (Å²) in [5, 5.41) is 23.7. The van der Waals surface area contributed by atoms with Gasteiger partial charge in [-0.2, -0.15) is 0 Å². The van der Waals surface area contributed by atoms with E-state index in [4.69, 9.17) is 0 Å². The average molecular weight is 370 g/mol. The first-order valence-electron chi connectivity index (χ1n) is 8.54. The Morgan fingerprint density at radius 2 is 1.58 bits per heavy atom. The van der Waals surface area contributed by atoms with E-state index in [1.165, 1.54) is 17.8 Å². The summed E-state index contributed by atoms with van der Waals surface area (Å²) in [7, 11) is 0. The molecular weight excluding hydrogens is 348 g/mol. The van der Waals surface area contributed by atoms with Crippen molar-refractivity contribution in [2.24, 2.45) is 0 Å². The van der Waals surface area contributed by atoms with Crippen molar-refractivity contribution in [1.29, 1.82) is 0 Å². The maximum atomic E-state index is 11.9. The number of carboxylic acid groups (broad SMARTS) is 2. The number of hydrogen-bond acceptors (Lipinski definition) is 5. The van der Waals surface area contributed by atoms with Gasteiger partial charge >= 0.3 is 0 Å². The normalized spacial score (nSPS) is 11.2. The molecule has 0 aliphatic heterocycles. The molecule has 0 aromatic heterocycles. The van der Waals surface area contributed by atoms with Crippen LogP contribution >= 0.6 is 11.8 Å². The molecule has 0 unspecified atom stereocenters. The van der Waals surface area contributed by atoms with E-state index in [9.17, 15) is 19.8 Å². The molecule has 0 radical (unpaired) electrons. The van der Waals surface area contributed by atoms with Gasteiger partial charge in [-0.15, -0.1) is 11.8 Å². The van der Waals surface area contributed by atoms with Gasteiger partial charge in [-0.3, -0.25) is 0 Å². The smallest absolute Gasteiger partial charge is 0.0726 e. The highest BCUT2D eigenvalue weighted by Crippen LogP contribution is 2.39. The molecule has 0 N–H and O–H groups in total. The number of benzene rings is 2. The Labute approximate surface area is 158 Å². The number of aromatic carboxylic acids is 2. The van der Waals surface area contributed by atoms with Crippen LogP contribution in [0, 0.1) is 0 Å². The highest BCUT2D eigenvalue weighted by atomic mass is 32.2. The number of carboxylic acids is 2. The standard InChI is InChI=1S/C21H24O4S/c1-12(2)15-10-16(20(22)23)19(17(13(3)4)18(15)21(24)25)26-11-14-8-6-5-7-9-14/h5-10,12-13H,11H2,1-4H3,(H,22,23)(H,24,25)/p-2. The van der Waals surface area contributed by atoms with Crippen molar-refractivity contribution < 1.29 is 19.8 Å². The fourth-order valence-corrected chi connectivity index (χ4v) is 4.27. The Bertz CT molecular complexity index is 811. The number of carbonyl (C=O) groups excluding carboxylic acids is 2. The highest BCUT2D eigenvalue weighted by molar-refractivity contribution is 7.98. The van der Waals surface area contributed by atoms with Gasteiger partial charge in [0.25, 0.3) is 0 Å². The van der Waals surface area contributed by atoms with E-state index in [0.717, 1.165) is 5.56 Å². The van der Waals surface area contributed by atoms with Crippen LogP contribution in [0.25, 0.3) is 0 Å². The number of thioether (sulfide) groups is 1. The zero-order valence-electron chi connectivity index (χ0n) is 15.4. The molecule has 2 aromatic carbocycles. The second-order valence-corrected chi connectivity index (χ2v) is 7.78. The average Bonchev–Trinajstić information content (AvgIpc) is 2.58. The zero-order valence-corrected chi connectivity index (χ0v) is 16.2. The largest absolute Gasteiger partial charge is 0.545 e. The third-order valence-corrected chi connectivity index (χ3v) is 5.40. The Morgan fingerprint density at radius 3 is 2.04 bits per heavy atom. The van der Waals surface area contributed by atoms with E-state index in [1.807, 2.05) is 58.0 Å². The Kier molecular flexibility index (Phi) is 6.48. The first kappa shape index (κ1) is 20.0. The molecule has 2 aromatic rings. The lowest BCUT2D eigenvalue weighted by Gasteiger charge is -2.26. The molecule has 0 aliphatic rings. The number of hydrogen-bond donors (Lipinski definition) is 0. The molecule has 0 amide bonds. The van der Waals surface area contributed by atoms with Gasteiger partial charge in [0.15, 0.2) is 0 Å². The van der Waals surface area contributed by atoms with Gasteiger partial charge in [-0.1, -0.05) is 58.0 Å². The molecule has 5 heteroatoms. The van der Waals surface area contributed by atoms with Crippen LogP contribution in [0.3, 0.4) is 0 Å². The van der Waals surface area contributed by atoms with Crippen molar-refractivity contribution in [2.45, 2.75) is 50.2 Å². The minimum Gasteiger partial charge on any atom is -0.545 e. The Hall–Kier alpha value is -2.27. The summed E-state index contributed by atoms with van der Waals surface area (Å²) in [5.74, 6) is -2.35. The van der Waals surface area contributed by atoms with Gasteiger partial charge in [-0.25, -0.2) is 0 Å². The maximum Gasteiger partial charge on any atom is 0.0726 e. The molecule has 0 heterocycles. The molecule has 2 rings (SSSR count). The summed E-state index contributed by atoms with van der Waals surface area (Å²) in [6.07, 6.45) is 0. The van der Waals surface area contributed by atoms with E-state index >= 15 is 0 Å². The quantitative estimate of drug-likeness (QED) is 0.700. The lowest BCUT2D eigenvalue weighted by molar-refractivity contribution is -0.256. The van der Waals surface area contributed by atoms with Crippen LogP contribution in [-0.2, 0) is 5.75 Å². The summed E-state index contributed by atoms with van der Waals surface area (Å²) in [6.45, 7) is 7.39. The van der Waals surface area contributed by atoms with E-state index in [0.29, 0.717) is 21.8 Å². The highest BCUT2D eigenvalue weighted by Gasteiger charge is 2.23. The van der Waals surface area contributed by atoms with Crippen molar-refractivity contribution in [3.05, 3.63) is 64.2 Å². The second-order valence-electron chi connectivity index (χ2n) is 6.79. The molecule has 138 valence electrons. The van der Waals surface area contributed by atoms with Crippen LogP contribution in [0.1, 0.15) is 76.9 Å². The van der Waals surface area contributed by atoms with Gasteiger partial charge in [-0.05, 0) is 34.6 Å². The zero-order chi connectivity index (χ0) is 19.4. The third-order valence-electron chi connectivity index (χ3n) is 4.20. The predicted octanol–water partition coefficient (Wildman–Crippen LogP) is 2.95. The molecule has 0 bridgehead atoms. The maximum absolute atomic E-state index is 11.9. The van der Waals surface area contributed by atoms with Crippen molar-refractivity contribution in [2.75, 3.05) is 0 Å². The molecule has 0 atom stereocenters. The van der Waals surface area contributed by atoms with Gasteiger partial charge in [0.05, 0.1) is 11.9 Å². The van der Waals surface area contributed by atoms with Crippen LogP contribution in [0.4, 0.5) is 0 Å². The molecule has 26 heavy (non-hydrogen) atoms. The monoisotopic (exact) mass is 370 g/mol. The van der Waals surface area contributed by atoms with Gasteiger partial charge in [0, 0.05) is 21.8 Å². The van der Waals surface area contributed by atoms with E-state index < -0.39 is 11.9 Å². The lowest BCUT2D eigenvalue weighted by Crippen LogP contribution is -2.29. The fraction of sp³-hybridized carbons (Fsp3) is 0.333. The number of rotatable bonds is 7. The molecule has 0 saturated carbocycles. The minimum atomic E-state index is -1.30. The SMILES string of the molecule is CC(C)c1cc(C(=O)[O-])c(SCc2ccccc2)c(C(C)C)c1C(=O)[O-]. The van der Waals surface area contributed by atoms with E-state index in [-0.39, 0.29) is 23.0 Å². The summed E-state index contributed by atoms with van der Waals surface area (Å²) in [4.78, 5) is 24.1.